The Hall–Kier alpha value is -0.970. The molecule has 4 heteroatoms. The van der Waals surface area contributed by atoms with E-state index in [1.54, 1.807) is 0 Å². The van der Waals surface area contributed by atoms with Crippen LogP contribution in [0.1, 0.15) is 45.9 Å². The van der Waals surface area contributed by atoms with Crippen molar-refractivity contribution in [2.24, 2.45) is 0 Å². The summed E-state index contributed by atoms with van der Waals surface area (Å²) in [5.74, 6) is 0.279. The molecule has 1 atom stereocenters. The molecule has 0 spiro atoms. The van der Waals surface area contributed by atoms with E-state index < -0.39 is 0 Å². The Morgan fingerprint density at radius 1 is 0.957 bits per heavy atom. The molecule has 1 unspecified atom stereocenters. The van der Waals surface area contributed by atoms with Crippen molar-refractivity contribution >= 4 is 37.6 Å². The molecule has 120 valence electrons. The van der Waals surface area contributed by atoms with Gasteiger partial charge in [0.1, 0.15) is 0 Å². The maximum atomic E-state index is 11.2. The number of fused-ring (bicyclic) bond motifs is 2. The first-order chi connectivity index (χ1) is 11.1. The van der Waals surface area contributed by atoms with E-state index in [-0.39, 0.29) is 5.78 Å². The van der Waals surface area contributed by atoms with Crippen LogP contribution in [0.25, 0.3) is 0 Å². The van der Waals surface area contributed by atoms with Crippen LogP contribution in [0.2, 0.25) is 0 Å². The van der Waals surface area contributed by atoms with E-state index >= 15 is 0 Å². The highest BCUT2D eigenvalue weighted by Crippen LogP contribution is 2.32. The van der Waals surface area contributed by atoms with E-state index in [0.29, 0.717) is 12.5 Å². The summed E-state index contributed by atoms with van der Waals surface area (Å²) in [7, 11) is 2.03. The molecule has 1 N–H and O–H groups in total. The number of aryl methyl sites for hydroxylation is 2. The van der Waals surface area contributed by atoms with Crippen molar-refractivity contribution < 1.29 is 4.79 Å². The number of ketones is 1. The Labute approximate surface area is 153 Å². The molecule has 0 heterocycles. The van der Waals surface area contributed by atoms with E-state index in [4.69, 9.17) is 0 Å². The third kappa shape index (κ3) is 3.76. The number of Topliss-reactive ketones (excluding diaryl/α,β-unsaturated/α-hetero) is 1. The molecule has 2 aliphatic carbocycles. The Balaban J connectivity index is 0.000000136. The summed E-state index contributed by atoms with van der Waals surface area (Å²) in [5, 5.41) is 3.33. The molecule has 0 amide bonds. The average molecular weight is 437 g/mol. The molecule has 0 bridgehead atoms. The number of rotatable bonds is 1. The van der Waals surface area contributed by atoms with Gasteiger partial charge in [-0.2, -0.15) is 0 Å². The van der Waals surface area contributed by atoms with Gasteiger partial charge in [-0.15, -0.1) is 0 Å². The number of nitrogens with one attached hydrogen (secondary N) is 1. The fourth-order valence-electron chi connectivity index (χ4n) is 3.28. The summed E-state index contributed by atoms with van der Waals surface area (Å²) in [6, 6.07) is 13.0. The zero-order valence-electron chi connectivity index (χ0n) is 13.0. The summed E-state index contributed by atoms with van der Waals surface area (Å²) in [4.78, 5) is 11.2. The molecule has 2 aromatic carbocycles. The first-order valence-electron chi connectivity index (χ1n) is 7.85. The largest absolute Gasteiger partial charge is 0.313 e. The van der Waals surface area contributed by atoms with Gasteiger partial charge in [-0.05, 0) is 67.3 Å². The average Bonchev–Trinajstić information content (AvgIpc) is 3.11. The van der Waals surface area contributed by atoms with E-state index in [2.05, 4.69) is 55.4 Å². The van der Waals surface area contributed by atoms with Crippen LogP contribution in [0.5, 0.6) is 0 Å². The summed E-state index contributed by atoms with van der Waals surface area (Å²) >= 11 is 6.83. The van der Waals surface area contributed by atoms with Crippen LogP contribution >= 0.6 is 31.9 Å². The Bertz CT molecular complexity index is 742. The predicted octanol–water partition coefficient (Wildman–Crippen LogP) is 5.23. The highest BCUT2D eigenvalue weighted by atomic mass is 79.9. The van der Waals surface area contributed by atoms with Gasteiger partial charge in [0.05, 0.1) is 0 Å². The van der Waals surface area contributed by atoms with Gasteiger partial charge < -0.3 is 5.32 Å². The number of hydrogen-bond acceptors (Lipinski definition) is 2. The van der Waals surface area contributed by atoms with Crippen LogP contribution < -0.4 is 5.32 Å². The number of carbonyl (C=O) groups excluding carboxylic acids is 1. The van der Waals surface area contributed by atoms with Gasteiger partial charge in [0.15, 0.2) is 5.78 Å². The lowest BCUT2D eigenvalue weighted by molar-refractivity contribution is 0.0994. The maximum absolute atomic E-state index is 11.2. The van der Waals surface area contributed by atoms with Gasteiger partial charge in [-0.1, -0.05) is 44.0 Å². The van der Waals surface area contributed by atoms with E-state index in [0.717, 1.165) is 16.5 Å². The van der Waals surface area contributed by atoms with Gasteiger partial charge in [0.25, 0.3) is 0 Å². The van der Waals surface area contributed by atoms with Crippen molar-refractivity contribution in [3.8, 4) is 0 Å². The zero-order chi connectivity index (χ0) is 16.4. The Morgan fingerprint density at radius 3 is 2.39 bits per heavy atom. The third-order valence-electron chi connectivity index (χ3n) is 4.53. The minimum atomic E-state index is 0.279. The molecule has 0 aliphatic heterocycles. The molecule has 0 fully saturated rings. The zero-order valence-corrected chi connectivity index (χ0v) is 16.2. The second kappa shape index (κ2) is 7.29. The first-order valence-corrected chi connectivity index (χ1v) is 9.44. The highest BCUT2D eigenvalue weighted by molar-refractivity contribution is 9.10. The maximum Gasteiger partial charge on any atom is 0.163 e. The van der Waals surface area contributed by atoms with E-state index in [1.807, 2.05) is 25.2 Å². The van der Waals surface area contributed by atoms with Gasteiger partial charge in [-0.25, -0.2) is 0 Å². The van der Waals surface area contributed by atoms with Gasteiger partial charge >= 0.3 is 0 Å². The van der Waals surface area contributed by atoms with Gasteiger partial charge in [-0.3, -0.25) is 4.79 Å². The topological polar surface area (TPSA) is 29.1 Å². The van der Waals surface area contributed by atoms with Crippen molar-refractivity contribution in [2.45, 2.75) is 31.7 Å². The summed E-state index contributed by atoms with van der Waals surface area (Å²) < 4.78 is 2.18. The minimum absolute atomic E-state index is 0.279. The standard InChI is InChI=1S/C10H12BrN.C9H7BrO/c1-12-10-5-3-7-2-4-8(11)6-9(7)10;10-7-3-1-6-2-4-9(11)8(6)5-7/h2,4,6,10,12H,3,5H2,1H3;1,3,5H,2,4H2. The number of halogens is 2. The van der Waals surface area contributed by atoms with E-state index in [9.17, 15) is 4.79 Å². The smallest absolute Gasteiger partial charge is 0.163 e. The van der Waals surface area contributed by atoms with Crippen LogP contribution in [-0.2, 0) is 12.8 Å². The Kier molecular flexibility index (Phi) is 5.34. The molecule has 0 saturated carbocycles. The summed E-state index contributed by atoms with van der Waals surface area (Å²) in [5.41, 5.74) is 5.06. The Morgan fingerprint density at radius 2 is 1.65 bits per heavy atom. The third-order valence-corrected chi connectivity index (χ3v) is 5.51. The highest BCUT2D eigenvalue weighted by Gasteiger charge is 2.20. The van der Waals surface area contributed by atoms with Crippen LogP contribution in [0.15, 0.2) is 45.3 Å². The lowest BCUT2D eigenvalue weighted by atomic mass is 10.1. The lowest BCUT2D eigenvalue weighted by Crippen LogP contribution is -2.12. The summed E-state index contributed by atoms with van der Waals surface area (Å²) in [6.07, 6.45) is 4.06. The van der Waals surface area contributed by atoms with Crippen molar-refractivity contribution in [1.82, 2.24) is 5.32 Å². The molecule has 4 rings (SSSR count). The molecule has 23 heavy (non-hydrogen) atoms. The molecule has 2 aromatic rings. The molecular weight excluding hydrogens is 418 g/mol. The quantitative estimate of drug-likeness (QED) is 0.662. The molecule has 0 aromatic heterocycles. The van der Waals surface area contributed by atoms with Crippen molar-refractivity contribution in [1.29, 1.82) is 0 Å². The number of benzene rings is 2. The van der Waals surface area contributed by atoms with Gasteiger partial charge in [0, 0.05) is 27.0 Å². The molecule has 2 aliphatic rings. The van der Waals surface area contributed by atoms with Crippen LogP contribution in [0.3, 0.4) is 0 Å². The van der Waals surface area contributed by atoms with E-state index in [1.165, 1.54) is 34.0 Å². The van der Waals surface area contributed by atoms with Crippen LogP contribution in [-0.4, -0.2) is 12.8 Å². The fraction of sp³-hybridized carbons (Fsp3) is 0.316. The predicted molar refractivity (Wildman–Crippen MR) is 101 cm³/mol. The van der Waals surface area contributed by atoms with Crippen LogP contribution in [0.4, 0.5) is 0 Å². The first kappa shape index (κ1) is 16.9. The van der Waals surface area contributed by atoms with Crippen molar-refractivity contribution in [3.63, 3.8) is 0 Å². The SMILES string of the molecule is CNC1CCc2ccc(Br)cc21.O=C1CCc2ccc(Br)cc21. The second-order valence-electron chi connectivity index (χ2n) is 5.95. The molecule has 0 radical (unpaired) electrons. The molecular formula is C19H19Br2NO. The van der Waals surface area contributed by atoms with Crippen LogP contribution in [0, 0.1) is 0 Å². The minimum Gasteiger partial charge on any atom is -0.313 e. The lowest BCUT2D eigenvalue weighted by Gasteiger charge is -2.09. The molecule has 0 saturated heterocycles. The molecule has 2 nitrogen and oxygen atoms in total. The second-order valence-corrected chi connectivity index (χ2v) is 7.78. The number of carbonyl (C=O) groups is 1. The normalized spacial score (nSPS) is 18.2. The fourth-order valence-corrected chi connectivity index (χ4v) is 4.02. The number of hydrogen-bond donors (Lipinski definition) is 1. The van der Waals surface area contributed by atoms with Crippen molar-refractivity contribution in [2.75, 3.05) is 7.05 Å². The van der Waals surface area contributed by atoms with Gasteiger partial charge in [0.2, 0.25) is 0 Å². The van der Waals surface area contributed by atoms with Crippen molar-refractivity contribution in [3.05, 3.63) is 67.6 Å². The summed E-state index contributed by atoms with van der Waals surface area (Å²) in [6.45, 7) is 0. The monoisotopic (exact) mass is 435 g/mol.